The molecule has 0 saturated carbocycles. The van der Waals surface area contributed by atoms with Crippen LogP contribution in [-0.2, 0) is 13.0 Å². The molecule has 1 aromatic carbocycles. The van der Waals surface area contributed by atoms with E-state index in [0.717, 1.165) is 18.8 Å². The molecule has 1 atom stereocenters. The monoisotopic (exact) mass is 298 g/mol. The van der Waals surface area contributed by atoms with Crippen LogP contribution >= 0.6 is 23.1 Å². The fourth-order valence-electron chi connectivity index (χ4n) is 2.14. The summed E-state index contributed by atoms with van der Waals surface area (Å²) in [7, 11) is 0. The minimum atomic E-state index is -0.479. The van der Waals surface area contributed by atoms with Gasteiger partial charge in [0.1, 0.15) is 11.5 Å². The van der Waals surface area contributed by atoms with Crippen LogP contribution < -0.4 is 10.5 Å². The highest BCUT2D eigenvalue weighted by Crippen LogP contribution is 2.28. The molecule has 100 valence electrons. The van der Waals surface area contributed by atoms with E-state index in [1.807, 2.05) is 4.57 Å². The van der Waals surface area contributed by atoms with Crippen molar-refractivity contribution < 1.29 is 4.39 Å². The molecule has 3 rings (SSSR count). The van der Waals surface area contributed by atoms with E-state index in [0.29, 0.717) is 16.4 Å². The lowest BCUT2D eigenvalue weighted by molar-refractivity contribution is 0.556. The molecule has 1 aromatic heterocycles. The van der Waals surface area contributed by atoms with E-state index in [-0.39, 0.29) is 10.7 Å². The molecule has 1 aliphatic rings. The van der Waals surface area contributed by atoms with Gasteiger partial charge in [-0.15, -0.1) is 0 Å². The van der Waals surface area contributed by atoms with Crippen LogP contribution in [0.3, 0.4) is 0 Å². The molecule has 0 amide bonds. The Morgan fingerprint density at radius 3 is 3.16 bits per heavy atom. The second-order valence-corrected chi connectivity index (χ2v) is 5.88. The molecule has 0 fully saturated rings. The summed E-state index contributed by atoms with van der Waals surface area (Å²) in [4.78, 5) is 5.01. The highest BCUT2D eigenvalue weighted by atomic mass is 35.5. The Labute approximate surface area is 118 Å². The predicted molar refractivity (Wildman–Crippen MR) is 74.0 cm³/mol. The summed E-state index contributed by atoms with van der Waals surface area (Å²) in [5.41, 5.74) is 6.19. The molecule has 0 aliphatic carbocycles. The van der Waals surface area contributed by atoms with Crippen molar-refractivity contribution in [3.63, 3.8) is 0 Å². The maximum absolute atomic E-state index is 13.8. The largest absolute Gasteiger partial charge is 0.397 e. The van der Waals surface area contributed by atoms with Gasteiger partial charge in [-0.1, -0.05) is 18.5 Å². The Morgan fingerprint density at radius 1 is 1.58 bits per heavy atom. The van der Waals surface area contributed by atoms with E-state index in [1.165, 1.54) is 23.7 Å². The lowest BCUT2D eigenvalue weighted by atomic mass is 10.1. The average Bonchev–Trinajstić information content (AvgIpc) is 2.87. The van der Waals surface area contributed by atoms with Gasteiger partial charge in [0.15, 0.2) is 5.82 Å². The number of nitrogen functional groups attached to an aromatic ring is 1. The fraction of sp³-hybridized carbons (Fsp3) is 0.333. The van der Waals surface area contributed by atoms with E-state index in [9.17, 15) is 4.39 Å². The van der Waals surface area contributed by atoms with Gasteiger partial charge in [0.05, 0.1) is 10.7 Å². The summed E-state index contributed by atoms with van der Waals surface area (Å²) in [5, 5.41) is 0.201. The van der Waals surface area contributed by atoms with Crippen molar-refractivity contribution in [2.45, 2.75) is 19.9 Å². The zero-order chi connectivity index (χ0) is 13.6. The van der Waals surface area contributed by atoms with Gasteiger partial charge in [-0.05, 0) is 18.1 Å². The van der Waals surface area contributed by atoms with Gasteiger partial charge in [-0.3, -0.25) is 0 Å². The van der Waals surface area contributed by atoms with Crippen LogP contribution in [0.1, 0.15) is 12.7 Å². The molecule has 0 saturated heterocycles. The first-order valence-corrected chi connectivity index (χ1v) is 7.04. The van der Waals surface area contributed by atoms with Crippen molar-refractivity contribution in [1.29, 1.82) is 0 Å². The van der Waals surface area contributed by atoms with E-state index in [4.69, 9.17) is 17.3 Å². The maximum atomic E-state index is 13.8. The van der Waals surface area contributed by atoms with Crippen LogP contribution in [0.15, 0.2) is 17.1 Å². The van der Waals surface area contributed by atoms with Crippen LogP contribution in [0.2, 0.25) is 5.02 Å². The van der Waals surface area contributed by atoms with Crippen molar-refractivity contribution in [3.05, 3.63) is 33.6 Å². The van der Waals surface area contributed by atoms with E-state index < -0.39 is 5.82 Å². The van der Waals surface area contributed by atoms with Gasteiger partial charge in [0, 0.05) is 24.5 Å². The first-order valence-electron chi connectivity index (χ1n) is 5.89. The number of aromatic nitrogens is 2. The van der Waals surface area contributed by atoms with Crippen molar-refractivity contribution in [2.24, 2.45) is 10.9 Å². The Bertz CT molecular complexity index is 706. The lowest BCUT2D eigenvalue weighted by Crippen LogP contribution is -2.13. The number of fused-ring (bicyclic) bond motifs is 1. The summed E-state index contributed by atoms with van der Waals surface area (Å²) < 4.78 is 20.2. The third kappa shape index (κ3) is 2.26. The third-order valence-electron chi connectivity index (χ3n) is 3.08. The number of anilines is 1. The molecule has 0 spiro atoms. The van der Waals surface area contributed by atoms with Crippen LogP contribution in [0, 0.1) is 11.7 Å². The SMILES string of the molecule is CC1Cc2nsc(=Nc3cc(N)c(Cl)cc3F)n2C1. The zero-order valence-corrected chi connectivity index (χ0v) is 11.8. The number of halogens is 2. The summed E-state index contributed by atoms with van der Waals surface area (Å²) in [6.45, 7) is 3.03. The molecule has 0 radical (unpaired) electrons. The number of hydrogen-bond donors (Lipinski definition) is 1. The molecule has 4 nitrogen and oxygen atoms in total. The highest BCUT2D eigenvalue weighted by molar-refractivity contribution is 7.02. The van der Waals surface area contributed by atoms with Crippen molar-refractivity contribution in [1.82, 2.24) is 8.94 Å². The van der Waals surface area contributed by atoms with Crippen LogP contribution in [0.25, 0.3) is 0 Å². The fourth-order valence-corrected chi connectivity index (χ4v) is 3.07. The van der Waals surface area contributed by atoms with Gasteiger partial charge >= 0.3 is 0 Å². The van der Waals surface area contributed by atoms with Gasteiger partial charge in [-0.2, -0.15) is 4.37 Å². The minimum absolute atomic E-state index is 0.195. The number of nitrogens with zero attached hydrogens (tertiary/aromatic N) is 3. The zero-order valence-electron chi connectivity index (χ0n) is 10.2. The van der Waals surface area contributed by atoms with E-state index in [2.05, 4.69) is 16.3 Å². The first kappa shape index (κ1) is 12.6. The van der Waals surface area contributed by atoms with Crippen molar-refractivity contribution >= 4 is 34.5 Å². The number of rotatable bonds is 1. The van der Waals surface area contributed by atoms with Gasteiger partial charge in [0.2, 0.25) is 4.80 Å². The van der Waals surface area contributed by atoms with E-state index in [1.54, 1.807) is 0 Å². The first-order chi connectivity index (χ1) is 9.04. The van der Waals surface area contributed by atoms with Crippen molar-refractivity contribution in [2.75, 3.05) is 5.73 Å². The molecule has 7 heteroatoms. The highest BCUT2D eigenvalue weighted by Gasteiger charge is 2.20. The topological polar surface area (TPSA) is 56.2 Å². The molecule has 1 aliphatic heterocycles. The Balaban J connectivity index is 2.10. The smallest absolute Gasteiger partial charge is 0.209 e. The second kappa shape index (κ2) is 4.61. The maximum Gasteiger partial charge on any atom is 0.209 e. The second-order valence-electron chi connectivity index (χ2n) is 4.74. The van der Waals surface area contributed by atoms with Gasteiger partial charge in [-0.25, -0.2) is 9.38 Å². The molecule has 19 heavy (non-hydrogen) atoms. The molecule has 2 N–H and O–H groups in total. The van der Waals surface area contributed by atoms with Crippen LogP contribution in [0.5, 0.6) is 0 Å². The molecular formula is C12H12ClFN4S. The van der Waals surface area contributed by atoms with Gasteiger partial charge in [0.25, 0.3) is 0 Å². The van der Waals surface area contributed by atoms with Crippen LogP contribution in [0.4, 0.5) is 15.8 Å². The third-order valence-corrected chi connectivity index (χ3v) is 4.19. The number of benzene rings is 1. The van der Waals surface area contributed by atoms with Crippen molar-refractivity contribution in [3.8, 4) is 0 Å². The number of nitrogens with two attached hydrogens (primary N) is 1. The Hall–Kier alpha value is -1.40. The Kier molecular flexibility index (Phi) is 3.06. The summed E-state index contributed by atoms with van der Waals surface area (Å²) >= 11 is 7.03. The lowest BCUT2D eigenvalue weighted by Gasteiger charge is -2.02. The van der Waals surface area contributed by atoms with Gasteiger partial charge < -0.3 is 10.3 Å². The summed E-state index contributed by atoms with van der Waals surface area (Å²) in [5.74, 6) is 1.08. The van der Waals surface area contributed by atoms with Crippen LogP contribution in [-0.4, -0.2) is 8.94 Å². The van der Waals surface area contributed by atoms with E-state index >= 15 is 0 Å². The normalized spacial score (nSPS) is 18.9. The predicted octanol–water partition coefficient (Wildman–Crippen LogP) is 2.74. The molecule has 2 aromatic rings. The molecule has 2 heterocycles. The average molecular weight is 299 g/mol. The molecular weight excluding hydrogens is 287 g/mol. The Morgan fingerprint density at radius 2 is 2.37 bits per heavy atom. The number of hydrogen-bond acceptors (Lipinski definition) is 4. The summed E-state index contributed by atoms with van der Waals surface area (Å²) in [6.07, 6.45) is 0.942. The molecule has 0 bridgehead atoms. The summed E-state index contributed by atoms with van der Waals surface area (Å²) in [6, 6.07) is 2.63. The minimum Gasteiger partial charge on any atom is -0.397 e. The quantitative estimate of drug-likeness (QED) is 0.823. The standard InChI is InChI=1S/C12H12ClFN4S/c1-6-2-11-17-19-12(18(11)5-6)16-10-4-9(15)7(13)3-8(10)14/h3-4,6H,2,5,15H2,1H3. The molecule has 1 unspecified atom stereocenters.